The van der Waals surface area contributed by atoms with Gasteiger partial charge in [0, 0.05) is 39.5 Å². The molecule has 1 heterocycles. The number of fused-ring (bicyclic) bond motifs is 5. The average Bonchev–Trinajstić information content (AvgIpc) is 3.31. The normalized spacial score (nSPS) is 33.8. The van der Waals surface area contributed by atoms with Gasteiger partial charge in [-0.1, -0.05) is 6.42 Å². The summed E-state index contributed by atoms with van der Waals surface area (Å²) in [4.78, 5) is 19.6. The lowest BCUT2D eigenvalue weighted by atomic mass is 9.78. The van der Waals surface area contributed by atoms with E-state index in [0.717, 1.165) is 36.6 Å². The fourth-order valence-corrected chi connectivity index (χ4v) is 5.86. The van der Waals surface area contributed by atoms with E-state index in [1.54, 1.807) is 13.4 Å². The molecule has 5 nitrogen and oxygen atoms in total. The van der Waals surface area contributed by atoms with Crippen LogP contribution >= 0.6 is 0 Å². The van der Waals surface area contributed by atoms with E-state index in [0.29, 0.717) is 18.3 Å². The Morgan fingerprint density at radius 1 is 1.33 bits per heavy atom. The Morgan fingerprint density at radius 3 is 2.92 bits per heavy atom. The fourth-order valence-electron chi connectivity index (χ4n) is 5.86. The van der Waals surface area contributed by atoms with Crippen LogP contribution in [0, 0.1) is 23.7 Å². The molecule has 1 aromatic rings. The molecule has 3 fully saturated rings. The molecular formula is C19H29N3O2. The second-order valence-corrected chi connectivity index (χ2v) is 7.99. The van der Waals surface area contributed by atoms with E-state index >= 15 is 0 Å². The molecular weight excluding hydrogens is 302 g/mol. The number of aromatic nitrogens is 2. The molecule has 4 rings (SSSR count). The topological polar surface area (TPSA) is 47.4 Å². The van der Waals surface area contributed by atoms with Crippen LogP contribution in [-0.4, -0.2) is 46.7 Å². The minimum Gasteiger partial charge on any atom is -0.385 e. The number of rotatable bonds is 6. The predicted octanol–water partition coefficient (Wildman–Crippen LogP) is 2.72. The van der Waals surface area contributed by atoms with E-state index in [2.05, 4.69) is 9.88 Å². The lowest BCUT2D eigenvalue weighted by molar-refractivity contribution is 0.0488. The van der Waals surface area contributed by atoms with Gasteiger partial charge in [0.2, 0.25) is 0 Å². The summed E-state index contributed by atoms with van der Waals surface area (Å²) in [5, 5.41) is 0. The number of amides is 1. The highest BCUT2D eigenvalue weighted by molar-refractivity contribution is 5.92. The zero-order valence-electron chi connectivity index (χ0n) is 14.9. The van der Waals surface area contributed by atoms with Gasteiger partial charge >= 0.3 is 0 Å². The van der Waals surface area contributed by atoms with Crippen molar-refractivity contribution in [2.45, 2.75) is 44.6 Å². The number of nitrogens with zero attached hydrogens (tertiary/aromatic N) is 3. The molecule has 0 radical (unpaired) electrons. The molecule has 5 unspecified atom stereocenters. The highest BCUT2D eigenvalue weighted by Gasteiger charge is 2.55. The molecule has 132 valence electrons. The van der Waals surface area contributed by atoms with Crippen LogP contribution in [-0.2, 0) is 11.8 Å². The molecule has 24 heavy (non-hydrogen) atoms. The quantitative estimate of drug-likeness (QED) is 0.753. The third-order valence-electron chi connectivity index (χ3n) is 6.73. The van der Waals surface area contributed by atoms with Crippen molar-refractivity contribution in [2.24, 2.45) is 30.7 Å². The molecule has 0 saturated heterocycles. The van der Waals surface area contributed by atoms with Crippen LogP contribution in [0.1, 0.15) is 49.0 Å². The first-order valence-electron chi connectivity index (χ1n) is 9.47. The SMILES string of the molecule is COCCCN(C(=O)c1cn(C)cn1)C1CC2CC1C1CCCC21. The molecule has 3 aliphatic rings. The number of hydrogen-bond acceptors (Lipinski definition) is 3. The standard InChI is InChI=1S/C19H29N3O2/c1-21-11-17(20-12-21)19(23)22(7-4-8-24-2)18-10-13-9-16(18)15-6-3-5-14(13)15/h11-16,18H,3-10H2,1-2H3. The van der Waals surface area contributed by atoms with Crippen molar-refractivity contribution in [3.8, 4) is 0 Å². The van der Waals surface area contributed by atoms with Gasteiger partial charge in [0.15, 0.2) is 0 Å². The monoisotopic (exact) mass is 331 g/mol. The lowest BCUT2D eigenvalue weighted by Crippen LogP contribution is -2.47. The van der Waals surface area contributed by atoms with Crippen LogP contribution in [0.5, 0.6) is 0 Å². The maximum atomic E-state index is 13.1. The zero-order valence-corrected chi connectivity index (χ0v) is 14.9. The summed E-state index contributed by atoms with van der Waals surface area (Å²) in [6.07, 6.45) is 11.2. The Balaban J connectivity index is 1.53. The van der Waals surface area contributed by atoms with Crippen molar-refractivity contribution < 1.29 is 9.53 Å². The van der Waals surface area contributed by atoms with Crippen molar-refractivity contribution in [1.29, 1.82) is 0 Å². The van der Waals surface area contributed by atoms with Crippen molar-refractivity contribution in [3.63, 3.8) is 0 Å². The van der Waals surface area contributed by atoms with Gasteiger partial charge in [-0.15, -0.1) is 0 Å². The molecule has 5 atom stereocenters. The summed E-state index contributed by atoms with van der Waals surface area (Å²) in [7, 11) is 3.64. The predicted molar refractivity (Wildman–Crippen MR) is 91.6 cm³/mol. The van der Waals surface area contributed by atoms with Gasteiger partial charge in [-0.3, -0.25) is 4.79 Å². The number of ether oxygens (including phenoxy) is 1. The molecule has 1 aromatic heterocycles. The fraction of sp³-hybridized carbons (Fsp3) is 0.789. The van der Waals surface area contributed by atoms with Gasteiger partial charge in [0.25, 0.3) is 5.91 Å². The highest BCUT2D eigenvalue weighted by Crippen LogP contribution is 2.59. The van der Waals surface area contributed by atoms with Crippen molar-refractivity contribution in [2.75, 3.05) is 20.3 Å². The van der Waals surface area contributed by atoms with Gasteiger partial charge < -0.3 is 14.2 Å². The first-order chi connectivity index (χ1) is 11.7. The Labute approximate surface area is 144 Å². The lowest BCUT2D eigenvalue weighted by Gasteiger charge is -2.39. The van der Waals surface area contributed by atoms with E-state index in [-0.39, 0.29) is 5.91 Å². The van der Waals surface area contributed by atoms with Gasteiger partial charge in [-0.05, 0) is 55.8 Å². The zero-order chi connectivity index (χ0) is 16.7. The summed E-state index contributed by atoms with van der Waals surface area (Å²) >= 11 is 0. The van der Waals surface area contributed by atoms with E-state index in [4.69, 9.17) is 4.74 Å². The van der Waals surface area contributed by atoms with Crippen LogP contribution in [0.3, 0.4) is 0 Å². The molecule has 3 saturated carbocycles. The molecule has 0 spiro atoms. The van der Waals surface area contributed by atoms with E-state index in [1.165, 1.54) is 32.1 Å². The van der Waals surface area contributed by atoms with Crippen LogP contribution in [0.2, 0.25) is 0 Å². The molecule has 0 aromatic carbocycles. The molecule has 5 heteroatoms. The van der Waals surface area contributed by atoms with Crippen molar-refractivity contribution >= 4 is 5.91 Å². The smallest absolute Gasteiger partial charge is 0.274 e. The number of methoxy groups -OCH3 is 1. The summed E-state index contributed by atoms with van der Waals surface area (Å²) < 4.78 is 7.07. The Hall–Kier alpha value is -1.36. The Morgan fingerprint density at radius 2 is 2.17 bits per heavy atom. The van der Waals surface area contributed by atoms with E-state index in [9.17, 15) is 4.79 Å². The minimum absolute atomic E-state index is 0.110. The first-order valence-corrected chi connectivity index (χ1v) is 9.47. The largest absolute Gasteiger partial charge is 0.385 e. The molecule has 0 N–H and O–H groups in total. The molecule has 0 aliphatic heterocycles. The van der Waals surface area contributed by atoms with E-state index < -0.39 is 0 Å². The van der Waals surface area contributed by atoms with Crippen molar-refractivity contribution in [1.82, 2.24) is 14.5 Å². The third-order valence-corrected chi connectivity index (χ3v) is 6.73. The Kier molecular flexibility index (Phi) is 4.37. The van der Waals surface area contributed by atoms with Gasteiger partial charge in [-0.2, -0.15) is 0 Å². The van der Waals surface area contributed by atoms with Gasteiger partial charge in [0.05, 0.1) is 6.33 Å². The van der Waals surface area contributed by atoms with Crippen LogP contribution in [0.15, 0.2) is 12.5 Å². The first kappa shape index (κ1) is 16.1. The average molecular weight is 331 g/mol. The minimum atomic E-state index is 0.110. The van der Waals surface area contributed by atoms with Crippen molar-refractivity contribution in [3.05, 3.63) is 18.2 Å². The summed E-state index contributed by atoms with van der Waals surface area (Å²) in [5.74, 6) is 3.51. The van der Waals surface area contributed by atoms with Gasteiger partial charge in [-0.25, -0.2) is 4.98 Å². The molecule has 3 aliphatic carbocycles. The van der Waals surface area contributed by atoms with Crippen LogP contribution in [0.4, 0.5) is 0 Å². The summed E-state index contributed by atoms with van der Waals surface area (Å²) in [5.41, 5.74) is 0.584. The maximum absolute atomic E-state index is 13.1. The molecule has 2 bridgehead atoms. The van der Waals surface area contributed by atoms with E-state index in [1.807, 2.05) is 17.8 Å². The summed E-state index contributed by atoms with van der Waals surface area (Å²) in [6.45, 7) is 1.49. The molecule has 1 amide bonds. The second kappa shape index (κ2) is 6.51. The third kappa shape index (κ3) is 2.67. The summed E-state index contributed by atoms with van der Waals surface area (Å²) in [6, 6.07) is 0.417. The van der Waals surface area contributed by atoms with Gasteiger partial charge in [0.1, 0.15) is 5.69 Å². The number of hydrogen-bond donors (Lipinski definition) is 0. The highest BCUT2D eigenvalue weighted by atomic mass is 16.5. The van der Waals surface area contributed by atoms with Crippen LogP contribution in [0.25, 0.3) is 0 Å². The van der Waals surface area contributed by atoms with Crippen LogP contribution < -0.4 is 0 Å². The second-order valence-electron chi connectivity index (χ2n) is 7.99. The Bertz CT molecular complexity index is 599. The number of carbonyl (C=O) groups excluding carboxylic acids is 1. The number of imidazole rings is 1. The number of aryl methyl sites for hydroxylation is 1. The number of carbonyl (C=O) groups is 1. The maximum Gasteiger partial charge on any atom is 0.274 e.